The first-order valence-corrected chi connectivity index (χ1v) is 14.6. The van der Waals surface area contributed by atoms with Gasteiger partial charge < -0.3 is 20.2 Å². The van der Waals surface area contributed by atoms with Gasteiger partial charge in [0, 0.05) is 31.9 Å². The summed E-state index contributed by atoms with van der Waals surface area (Å²) in [5, 5.41) is 21.4. The Morgan fingerprint density at radius 2 is 1.84 bits per heavy atom. The number of carbonyl (C=O) groups is 3. The van der Waals surface area contributed by atoms with Crippen LogP contribution in [0.25, 0.3) is 10.9 Å². The summed E-state index contributed by atoms with van der Waals surface area (Å²) in [4.78, 5) is 44.8. The summed E-state index contributed by atoms with van der Waals surface area (Å²) in [7, 11) is 1.87. The van der Waals surface area contributed by atoms with Crippen LogP contribution in [0.3, 0.4) is 0 Å². The Morgan fingerprint density at radius 1 is 1.07 bits per heavy atom. The van der Waals surface area contributed by atoms with Crippen molar-refractivity contribution < 1.29 is 19.5 Å². The number of benzene rings is 3. The Bertz CT molecular complexity index is 1690. The molecule has 2 aliphatic heterocycles. The second-order valence-electron chi connectivity index (χ2n) is 11.1. The predicted molar refractivity (Wildman–Crippen MR) is 165 cm³/mol. The van der Waals surface area contributed by atoms with Gasteiger partial charge in [0.05, 0.1) is 31.3 Å². The number of carbonyl (C=O) groups excluding carboxylic acids is 3. The lowest BCUT2D eigenvalue weighted by Gasteiger charge is -2.46. The van der Waals surface area contributed by atoms with Crippen molar-refractivity contribution in [2.45, 2.75) is 31.7 Å². The molecule has 0 saturated carbocycles. The van der Waals surface area contributed by atoms with E-state index in [0.29, 0.717) is 13.1 Å². The van der Waals surface area contributed by atoms with Gasteiger partial charge in [0.2, 0.25) is 11.8 Å². The van der Waals surface area contributed by atoms with E-state index in [1.807, 2.05) is 55.6 Å². The number of phenols is 1. The lowest BCUT2D eigenvalue weighted by molar-refractivity contribution is -0.157. The number of hydrazine groups is 1. The Hall–Kier alpha value is -5.16. The van der Waals surface area contributed by atoms with Crippen LogP contribution in [0.5, 0.6) is 5.75 Å². The van der Waals surface area contributed by atoms with Crippen molar-refractivity contribution in [2.24, 2.45) is 7.05 Å². The molecule has 11 nitrogen and oxygen atoms in total. The van der Waals surface area contributed by atoms with Crippen molar-refractivity contribution in [3.05, 3.63) is 108 Å². The van der Waals surface area contributed by atoms with Crippen LogP contribution in [0.2, 0.25) is 0 Å². The zero-order valence-electron chi connectivity index (χ0n) is 24.5. The largest absolute Gasteiger partial charge is 0.508 e. The molecule has 2 atom stereocenters. The SMILES string of the molecule is C=CCN(C(=O)NCc1ccccc1)N1CC(=O)N2[C@@H](Cc3ccc(O)cc3)C(=O)N(Cc3cccc4cnn(C)c34)C[C@@H]21. The third-order valence-corrected chi connectivity index (χ3v) is 8.27. The smallest absolute Gasteiger partial charge is 0.332 e. The second-order valence-corrected chi connectivity index (χ2v) is 11.1. The van der Waals surface area contributed by atoms with Gasteiger partial charge in [-0.2, -0.15) is 10.1 Å². The molecule has 2 N–H and O–H groups in total. The topological polar surface area (TPSA) is 114 Å². The molecule has 0 spiro atoms. The van der Waals surface area contributed by atoms with Gasteiger partial charge in [0.1, 0.15) is 18.0 Å². The normalized spacial score (nSPS) is 18.5. The van der Waals surface area contributed by atoms with Crippen LogP contribution in [0.4, 0.5) is 4.79 Å². The minimum absolute atomic E-state index is 0.0538. The number of hydrogen-bond acceptors (Lipinski definition) is 6. The highest BCUT2D eigenvalue weighted by Gasteiger charge is 2.52. The molecule has 4 aromatic rings. The summed E-state index contributed by atoms with van der Waals surface area (Å²) >= 11 is 0. The minimum Gasteiger partial charge on any atom is -0.508 e. The van der Waals surface area contributed by atoms with Crippen molar-refractivity contribution in [1.82, 2.24) is 34.9 Å². The maximum Gasteiger partial charge on any atom is 0.332 e. The number of nitrogens with one attached hydrogen (secondary N) is 1. The van der Waals surface area contributed by atoms with E-state index in [-0.39, 0.29) is 49.7 Å². The molecular weight excluding hydrogens is 558 g/mol. The summed E-state index contributed by atoms with van der Waals surface area (Å²) < 4.78 is 1.80. The molecule has 2 saturated heterocycles. The lowest BCUT2D eigenvalue weighted by Crippen LogP contribution is -2.66. The fourth-order valence-corrected chi connectivity index (χ4v) is 6.19. The number of aromatic nitrogens is 2. The number of phenolic OH excluding ortho intramolecular Hbond substituents is 1. The number of amides is 4. The van der Waals surface area contributed by atoms with Crippen LogP contribution in [-0.2, 0) is 36.1 Å². The Kier molecular flexibility index (Phi) is 8.03. The second kappa shape index (κ2) is 12.2. The van der Waals surface area contributed by atoms with Crippen LogP contribution in [-0.4, -0.2) is 84.4 Å². The Balaban J connectivity index is 1.32. The molecule has 0 bridgehead atoms. The molecule has 44 heavy (non-hydrogen) atoms. The summed E-state index contributed by atoms with van der Waals surface area (Å²) in [5.41, 5.74) is 3.63. The molecule has 3 aromatic carbocycles. The van der Waals surface area contributed by atoms with E-state index in [1.165, 1.54) is 5.01 Å². The molecule has 226 valence electrons. The first-order valence-electron chi connectivity index (χ1n) is 14.6. The predicted octanol–water partition coefficient (Wildman–Crippen LogP) is 3.02. The number of rotatable bonds is 9. The quantitative estimate of drug-likeness (QED) is 0.289. The molecule has 0 aliphatic carbocycles. The first kappa shape index (κ1) is 28.9. The highest BCUT2D eigenvalue weighted by Crippen LogP contribution is 2.31. The van der Waals surface area contributed by atoms with E-state index in [0.717, 1.165) is 27.6 Å². The lowest BCUT2D eigenvalue weighted by atomic mass is 9.99. The number of aryl methyl sites for hydroxylation is 1. The van der Waals surface area contributed by atoms with Crippen LogP contribution < -0.4 is 5.32 Å². The highest BCUT2D eigenvalue weighted by atomic mass is 16.3. The van der Waals surface area contributed by atoms with Gasteiger partial charge in [-0.15, -0.1) is 6.58 Å². The number of fused-ring (bicyclic) bond motifs is 2. The van der Waals surface area contributed by atoms with Crippen molar-refractivity contribution in [1.29, 1.82) is 0 Å². The number of hydrogen-bond donors (Lipinski definition) is 2. The highest BCUT2D eigenvalue weighted by molar-refractivity contribution is 5.92. The van der Waals surface area contributed by atoms with E-state index < -0.39 is 12.2 Å². The zero-order valence-corrected chi connectivity index (χ0v) is 24.5. The van der Waals surface area contributed by atoms with Crippen molar-refractivity contribution in [3.63, 3.8) is 0 Å². The molecule has 0 radical (unpaired) electrons. The molecule has 2 fully saturated rings. The summed E-state index contributed by atoms with van der Waals surface area (Å²) in [6, 6.07) is 21.0. The average molecular weight is 594 g/mol. The van der Waals surface area contributed by atoms with Crippen LogP contribution in [0, 0.1) is 0 Å². The van der Waals surface area contributed by atoms with Crippen molar-refractivity contribution in [3.8, 4) is 5.75 Å². The number of para-hydroxylation sites is 1. The number of nitrogens with zero attached hydrogens (tertiary/aromatic N) is 6. The van der Waals surface area contributed by atoms with Crippen LogP contribution >= 0.6 is 0 Å². The molecule has 2 aliphatic rings. The molecule has 6 rings (SSSR count). The fourth-order valence-electron chi connectivity index (χ4n) is 6.19. The fraction of sp³-hybridized carbons (Fsp3) is 0.273. The standard InChI is InChI=1S/C33H35N7O4/c1-3-16-38(33(44)34-18-24-8-5-4-6-9-24)39-22-30(42)40-28(17-23-12-14-27(41)15-13-23)32(43)37(21-29(39)40)20-26-11-7-10-25-19-35-36(2)31(25)26/h3-15,19,28-29,41H,1,16-18,20-22H2,2H3,(H,34,44)/t28-,29+/m0/s1. The number of urea groups is 1. The average Bonchev–Trinajstić information content (AvgIpc) is 3.57. The third-order valence-electron chi connectivity index (χ3n) is 8.27. The van der Waals surface area contributed by atoms with E-state index >= 15 is 0 Å². The van der Waals surface area contributed by atoms with Gasteiger partial charge in [0.25, 0.3) is 0 Å². The molecular formula is C33H35N7O4. The Labute approximate surface area is 255 Å². The molecule has 4 amide bonds. The van der Waals surface area contributed by atoms with Gasteiger partial charge in [-0.05, 0) is 28.8 Å². The zero-order chi connectivity index (χ0) is 30.8. The van der Waals surface area contributed by atoms with Crippen LogP contribution in [0.1, 0.15) is 16.7 Å². The third kappa shape index (κ3) is 5.61. The molecule has 11 heteroatoms. The Morgan fingerprint density at radius 3 is 2.59 bits per heavy atom. The van der Waals surface area contributed by atoms with E-state index in [2.05, 4.69) is 17.0 Å². The van der Waals surface area contributed by atoms with Gasteiger partial charge in [-0.1, -0.05) is 66.7 Å². The monoisotopic (exact) mass is 593 g/mol. The van der Waals surface area contributed by atoms with Crippen molar-refractivity contribution in [2.75, 3.05) is 19.6 Å². The maximum absolute atomic E-state index is 14.2. The van der Waals surface area contributed by atoms with Gasteiger partial charge in [-0.3, -0.25) is 19.3 Å². The minimum atomic E-state index is -0.792. The number of piperazine rings is 1. The first-order chi connectivity index (χ1) is 21.3. The molecule has 0 unspecified atom stereocenters. The maximum atomic E-state index is 14.2. The van der Waals surface area contributed by atoms with Gasteiger partial charge >= 0.3 is 6.03 Å². The van der Waals surface area contributed by atoms with Gasteiger partial charge in [0.15, 0.2) is 0 Å². The van der Waals surface area contributed by atoms with E-state index in [9.17, 15) is 19.5 Å². The van der Waals surface area contributed by atoms with E-state index in [1.54, 1.807) is 56.0 Å². The summed E-state index contributed by atoms with van der Waals surface area (Å²) in [6.07, 6.45) is 3.11. The van der Waals surface area contributed by atoms with E-state index in [4.69, 9.17) is 0 Å². The summed E-state index contributed by atoms with van der Waals surface area (Å²) in [6.45, 7) is 4.83. The van der Waals surface area contributed by atoms with Crippen LogP contribution in [0.15, 0.2) is 91.6 Å². The number of aromatic hydroxyl groups is 1. The molecule has 1 aromatic heterocycles. The van der Waals surface area contributed by atoms with Gasteiger partial charge in [-0.25, -0.2) is 4.79 Å². The summed E-state index contributed by atoms with van der Waals surface area (Å²) in [5.74, 6) is -0.282. The molecule has 3 heterocycles. The van der Waals surface area contributed by atoms with Crippen molar-refractivity contribution >= 4 is 28.7 Å².